The highest BCUT2D eigenvalue weighted by Gasteiger charge is 2.32. The van der Waals surface area contributed by atoms with Gasteiger partial charge in [0.05, 0.1) is 12.6 Å². The number of nitrogens with zero attached hydrogens (tertiary/aromatic N) is 1. The number of hydrogen-bond acceptors (Lipinski definition) is 5. The Morgan fingerprint density at radius 3 is 2.66 bits per heavy atom. The van der Waals surface area contributed by atoms with Crippen LogP contribution in [0.25, 0.3) is 0 Å². The minimum Gasteiger partial charge on any atom is -0.483 e. The minimum absolute atomic E-state index is 0.00281. The van der Waals surface area contributed by atoms with Crippen molar-refractivity contribution in [2.24, 2.45) is 0 Å². The Kier molecular flexibility index (Phi) is 7.21. The van der Waals surface area contributed by atoms with Gasteiger partial charge in [-0.1, -0.05) is 36.4 Å². The second-order valence-corrected chi connectivity index (χ2v) is 7.97. The fourth-order valence-corrected chi connectivity index (χ4v) is 3.80. The number of benzene rings is 2. The molecule has 0 bridgehead atoms. The predicted molar refractivity (Wildman–Crippen MR) is 122 cm³/mol. The number of amides is 2. The summed E-state index contributed by atoms with van der Waals surface area (Å²) in [5.74, 6) is -3.14. The van der Waals surface area contributed by atoms with Crippen LogP contribution in [-0.2, 0) is 17.9 Å². The van der Waals surface area contributed by atoms with E-state index in [-0.39, 0.29) is 48.9 Å². The van der Waals surface area contributed by atoms with Crippen LogP contribution in [-0.4, -0.2) is 36.6 Å². The summed E-state index contributed by atoms with van der Waals surface area (Å²) in [5.41, 5.74) is -0.264. The van der Waals surface area contributed by atoms with Crippen molar-refractivity contribution in [3.63, 3.8) is 0 Å². The molecular formula is C25H23F2N3O5. The molecule has 0 radical (unpaired) electrons. The summed E-state index contributed by atoms with van der Waals surface area (Å²) in [4.78, 5) is 39.0. The van der Waals surface area contributed by atoms with Crippen LogP contribution in [0, 0.1) is 11.6 Å². The maximum absolute atomic E-state index is 14.0. The highest BCUT2D eigenvalue weighted by molar-refractivity contribution is 5.99. The maximum atomic E-state index is 14.0. The lowest BCUT2D eigenvalue weighted by Crippen LogP contribution is -2.44. The number of nitrogens with one attached hydrogen (secondary N) is 2. The second kappa shape index (κ2) is 10.5. The number of fused-ring (bicyclic) bond motifs is 1. The van der Waals surface area contributed by atoms with Crippen molar-refractivity contribution in [3.05, 3.63) is 99.0 Å². The smallest absolute Gasteiger partial charge is 0.272 e. The van der Waals surface area contributed by atoms with E-state index in [0.29, 0.717) is 6.07 Å². The molecule has 1 aliphatic rings. The van der Waals surface area contributed by atoms with Gasteiger partial charge in [0, 0.05) is 38.0 Å². The van der Waals surface area contributed by atoms with Gasteiger partial charge in [0.25, 0.3) is 11.8 Å². The topological polar surface area (TPSA) is 98.7 Å². The summed E-state index contributed by atoms with van der Waals surface area (Å²) in [6.07, 6.45) is 1.28. The predicted octanol–water partition coefficient (Wildman–Crippen LogP) is 2.57. The number of ether oxygens (including phenoxy) is 2. The van der Waals surface area contributed by atoms with Gasteiger partial charge in [-0.2, -0.15) is 0 Å². The van der Waals surface area contributed by atoms with Crippen LogP contribution in [0.5, 0.6) is 5.75 Å². The van der Waals surface area contributed by atoms with Gasteiger partial charge in [-0.25, -0.2) is 8.78 Å². The zero-order chi connectivity index (χ0) is 24.9. The number of aromatic nitrogens is 1. The molecule has 10 heteroatoms. The number of rotatable bonds is 8. The summed E-state index contributed by atoms with van der Waals surface area (Å²) < 4.78 is 39.7. The molecule has 0 saturated carbocycles. The first-order valence-corrected chi connectivity index (χ1v) is 10.8. The van der Waals surface area contributed by atoms with Crippen molar-refractivity contribution in [2.45, 2.75) is 19.2 Å². The molecule has 35 heavy (non-hydrogen) atoms. The van der Waals surface area contributed by atoms with Gasteiger partial charge in [-0.15, -0.1) is 0 Å². The molecule has 0 fully saturated rings. The number of halogens is 2. The third-order valence-electron chi connectivity index (χ3n) is 5.58. The van der Waals surface area contributed by atoms with E-state index in [1.54, 1.807) is 24.3 Å². The Morgan fingerprint density at radius 1 is 1.17 bits per heavy atom. The molecule has 182 valence electrons. The molecule has 1 atom stereocenters. The molecule has 0 aliphatic carbocycles. The van der Waals surface area contributed by atoms with Gasteiger partial charge in [0.1, 0.15) is 23.8 Å². The van der Waals surface area contributed by atoms with Gasteiger partial charge in [0.15, 0.2) is 11.4 Å². The second-order valence-electron chi connectivity index (χ2n) is 7.97. The molecular weight excluding hydrogens is 460 g/mol. The normalized spacial score (nSPS) is 14.7. The Hall–Kier alpha value is -4.05. The van der Waals surface area contributed by atoms with E-state index in [9.17, 15) is 23.2 Å². The van der Waals surface area contributed by atoms with Crippen LogP contribution in [0.2, 0.25) is 0 Å². The number of pyridine rings is 1. The van der Waals surface area contributed by atoms with Gasteiger partial charge in [-0.05, 0) is 11.6 Å². The van der Waals surface area contributed by atoms with Gasteiger partial charge < -0.3 is 24.7 Å². The minimum atomic E-state index is -0.823. The number of methoxy groups -OCH3 is 1. The molecule has 1 aliphatic heterocycles. The first-order valence-electron chi connectivity index (χ1n) is 10.8. The van der Waals surface area contributed by atoms with Crippen LogP contribution in [0.4, 0.5) is 8.78 Å². The molecule has 2 N–H and O–H groups in total. The van der Waals surface area contributed by atoms with Crippen LogP contribution in [0.15, 0.2) is 59.5 Å². The monoisotopic (exact) mass is 483 g/mol. The molecule has 2 aromatic carbocycles. The van der Waals surface area contributed by atoms with Gasteiger partial charge in [-0.3, -0.25) is 14.4 Å². The summed E-state index contributed by atoms with van der Waals surface area (Å²) in [6.45, 7) is 0.157. The Labute approximate surface area is 199 Å². The summed E-state index contributed by atoms with van der Waals surface area (Å²) in [7, 11) is 1.50. The fourth-order valence-electron chi connectivity index (χ4n) is 3.80. The molecule has 8 nitrogen and oxygen atoms in total. The molecule has 1 aromatic heterocycles. The average Bonchev–Trinajstić information content (AvgIpc) is 2.85. The van der Waals surface area contributed by atoms with Crippen molar-refractivity contribution >= 4 is 11.8 Å². The number of hydrogen-bond donors (Lipinski definition) is 2. The molecule has 2 amide bonds. The third-order valence-corrected chi connectivity index (χ3v) is 5.58. The van der Waals surface area contributed by atoms with E-state index in [1.165, 1.54) is 23.9 Å². The van der Waals surface area contributed by atoms with Crippen LogP contribution in [0.1, 0.15) is 38.0 Å². The van der Waals surface area contributed by atoms with Crippen molar-refractivity contribution in [2.75, 3.05) is 20.3 Å². The Bertz CT molecular complexity index is 1310. The fraction of sp³-hybridized carbons (Fsp3) is 0.240. The lowest BCUT2D eigenvalue weighted by atomic mass is 10.1. The van der Waals surface area contributed by atoms with E-state index in [1.807, 2.05) is 6.07 Å². The van der Waals surface area contributed by atoms with E-state index in [2.05, 4.69) is 10.6 Å². The van der Waals surface area contributed by atoms with Crippen molar-refractivity contribution < 1.29 is 27.8 Å². The van der Waals surface area contributed by atoms with E-state index in [4.69, 9.17) is 9.47 Å². The molecule has 4 rings (SSSR count). The molecule has 0 spiro atoms. The first-order chi connectivity index (χ1) is 16.9. The standard InChI is InChI=1S/C25H23F2N3O5/c1-34-14-18-11-29-25(33)21-23(35-13-15-5-3-2-4-6-15)22(31)19(12-30(18)21)24(32)28-10-16-7-8-17(26)9-20(16)27/h2-9,12,18H,10-11,13-14H2,1H3,(H,28,32)(H,29,33)/t18-/m1/s1. The molecule has 2 heterocycles. The van der Waals surface area contributed by atoms with Crippen LogP contribution >= 0.6 is 0 Å². The highest BCUT2D eigenvalue weighted by atomic mass is 19.1. The van der Waals surface area contributed by atoms with E-state index in [0.717, 1.165) is 11.6 Å². The van der Waals surface area contributed by atoms with E-state index >= 15 is 0 Å². The zero-order valence-corrected chi connectivity index (χ0v) is 18.8. The van der Waals surface area contributed by atoms with Crippen LogP contribution in [0.3, 0.4) is 0 Å². The van der Waals surface area contributed by atoms with Crippen molar-refractivity contribution in [1.82, 2.24) is 15.2 Å². The van der Waals surface area contributed by atoms with Crippen LogP contribution < -0.4 is 20.8 Å². The van der Waals surface area contributed by atoms with E-state index < -0.39 is 34.9 Å². The lowest BCUT2D eigenvalue weighted by molar-refractivity contribution is 0.0855. The highest BCUT2D eigenvalue weighted by Crippen LogP contribution is 2.24. The largest absolute Gasteiger partial charge is 0.483 e. The molecule has 0 unspecified atom stereocenters. The van der Waals surface area contributed by atoms with Crippen molar-refractivity contribution in [3.8, 4) is 5.75 Å². The number of carbonyl (C=O) groups is 2. The lowest BCUT2D eigenvalue weighted by Gasteiger charge is -2.30. The first kappa shape index (κ1) is 24.1. The molecule has 0 saturated heterocycles. The SMILES string of the molecule is COC[C@H]1CNC(=O)c2c(OCc3ccccc3)c(=O)c(C(=O)NCc3ccc(F)cc3F)cn21. The Morgan fingerprint density at radius 2 is 1.94 bits per heavy atom. The van der Waals surface area contributed by atoms with Gasteiger partial charge >= 0.3 is 0 Å². The summed E-state index contributed by atoms with van der Waals surface area (Å²) >= 11 is 0. The van der Waals surface area contributed by atoms with Crippen molar-refractivity contribution in [1.29, 1.82) is 0 Å². The number of carbonyl (C=O) groups excluding carboxylic acids is 2. The summed E-state index contributed by atoms with van der Waals surface area (Å²) in [6, 6.07) is 11.6. The maximum Gasteiger partial charge on any atom is 0.272 e. The Balaban J connectivity index is 1.70. The van der Waals surface area contributed by atoms with Gasteiger partial charge in [0.2, 0.25) is 5.43 Å². The third kappa shape index (κ3) is 5.22. The summed E-state index contributed by atoms with van der Waals surface area (Å²) in [5, 5.41) is 5.19. The zero-order valence-electron chi connectivity index (χ0n) is 18.8. The average molecular weight is 483 g/mol. The molecule has 3 aromatic rings. The quantitative estimate of drug-likeness (QED) is 0.513.